The Labute approximate surface area is 151 Å². The van der Waals surface area contributed by atoms with Crippen molar-refractivity contribution >= 4 is 22.4 Å². The Hall–Kier alpha value is -2.69. The van der Waals surface area contributed by atoms with Crippen LogP contribution in [0.5, 0.6) is 0 Å². The van der Waals surface area contributed by atoms with Gasteiger partial charge >= 0.3 is 0 Å². The van der Waals surface area contributed by atoms with Crippen molar-refractivity contribution in [2.75, 3.05) is 5.32 Å². The van der Waals surface area contributed by atoms with E-state index in [2.05, 4.69) is 10.3 Å². The van der Waals surface area contributed by atoms with E-state index in [0.29, 0.717) is 5.82 Å². The highest BCUT2D eigenvalue weighted by atomic mass is 19.1. The van der Waals surface area contributed by atoms with E-state index in [9.17, 15) is 9.18 Å². The van der Waals surface area contributed by atoms with Crippen molar-refractivity contribution in [3.05, 3.63) is 64.8 Å². The molecule has 5 heteroatoms. The second kappa shape index (κ2) is 7.28. The molecular weight excluding hydrogens is 329 g/mol. The number of halogens is 1. The fourth-order valence-electron chi connectivity index (χ4n) is 3.79. The summed E-state index contributed by atoms with van der Waals surface area (Å²) in [7, 11) is 0. The van der Waals surface area contributed by atoms with Gasteiger partial charge in [-0.1, -0.05) is 25.7 Å². The van der Waals surface area contributed by atoms with Crippen LogP contribution in [0, 0.1) is 5.82 Å². The molecule has 1 fully saturated rings. The quantitative estimate of drug-likeness (QED) is 0.662. The van der Waals surface area contributed by atoms with Crippen molar-refractivity contribution in [2.24, 2.45) is 0 Å². The van der Waals surface area contributed by atoms with E-state index in [1.54, 1.807) is 24.4 Å². The topological polar surface area (TPSA) is 46.9 Å². The molecule has 0 unspecified atom stereocenters. The zero-order chi connectivity index (χ0) is 17.9. The van der Waals surface area contributed by atoms with Gasteiger partial charge in [0.25, 0.3) is 5.56 Å². The molecule has 0 aliphatic heterocycles. The molecule has 2 aromatic heterocycles. The number of nitrogens with zero attached hydrogens (tertiary/aromatic N) is 2. The van der Waals surface area contributed by atoms with E-state index in [4.69, 9.17) is 0 Å². The number of benzene rings is 1. The van der Waals surface area contributed by atoms with Crippen LogP contribution >= 0.6 is 0 Å². The minimum absolute atomic E-state index is 0.0448. The lowest BCUT2D eigenvalue weighted by atomic mass is 10.1. The van der Waals surface area contributed by atoms with Crippen molar-refractivity contribution in [3.8, 4) is 0 Å². The molecule has 2 heterocycles. The SMILES string of the molecule is O=c1ccc2cnc(Nc3ccc(F)cc3)cc2n1C1CCCCCC1. The Bertz CT molecular complexity index is 957. The highest BCUT2D eigenvalue weighted by Gasteiger charge is 2.17. The maximum absolute atomic E-state index is 13.1. The van der Waals surface area contributed by atoms with E-state index in [0.717, 1.165) is 29.4 Å². The van der Waals surface area contributed by atoms with Crippen LogP contribution < -0.4 is 10.9 Å². The first-order chi connectivity index (χ1) is 12.7. The normalized spacial score (nSPS) is 15.7. The molecule has 0 amide bonds. The van der Waals surface area contributed by atoms with Crippen LogP contribution in [-0.2, 0) is 0 Å². The van der Waals surface area contributed by atoms with Crippen LogP contribution in [0.3, 0.4) is 0 Å². The Kier molecular flexibility index (Phi) is 4.69. The van der Waals surface area contributed by atoms with E-state index in [1.807, 2.05) is 16.7 Å². The third-order valence-electron chi connectivity index (χ3n) is 5.12. The van der Waals surface area contributed by atoms with Gasteiger partial charge in [-0.2, -0.15) is 0 Å². The fraction of sp³-hybridized carbons (Fsp3) is 0.333. The van der Waals surface area contributed by atoms with Crippen LogP contribution in [0.1, 0.15) is 44.6 Å². The highest BCUT2D eigenvalue weighted by Crippen LogP contribution is 2.29. The van der Waals surface area contributed by atoms with Gasteiger partial charge in [0, 0.05) is 35.4 Å². The number of fused-ring (bicyclic) bond motifs is 1. The number of anilines is 2. The maximum atomic E-state index is 13.1. The zero-order valence-corrected chi connectivity index (χ0v) is 14.6. The van der Waals surface area contributed by atoms with Crippen molar-refractivity contribution in [2.45, 2.75) is 44.6 Å². The van der Waals surface area contributed by atoms with E-state index in [-0.39, 0.29) is 17.4 Å². The summed E-state index contributed by atoms with van der Waals surface area (Å²) in [6.45, 7) is 0. The van der Waals surface area contributed by atoms with Crippen molar-refractivity contribution in [3.63, 3.8) is 0 Å². The number of hydrogen-bond acceptors (Lipinski definition) is 3. The zero-order valence-electron chi connectivity index (χ0n) is 14.6. The first-order valence-electron chi connectivity index (χ1n) is 9.24. The molecule has 0 spiro atoms. The van der Waals surface area contributed by atoms with Crippen LogP contribution in [0.4, 0.5) is 15.9 Å². The second-order valence-electron chi connectivity index (χ2n) is 6.95. The average molecular weight is 351 g/mol. The molecule has 1 aliphatic rings. The van der Waals surface area contributed by atoms with Crippen LogP contribution in [-0.4, -0.2) is 9.55 Å². The van der Waals surface area contributed by atoms with Gasteiger partial charge in [-0.3, -0.25) is 4.79 Å². The molecular formula is C21H22FN3O. The third kappa shape index (κ3) is 3.47. The Morgan fingerprint density at radius 3 is 2.46 bits per heavy atom. The summed E-state index contributed by atoms with van der Waals surface area (Å²) in [6, 6.07) is 11.8. The predicted molar refractivity (Wildman–Crippen MR) is 102 cm³/mol. The minimum Gasteiger partial charge on any atom is -0.340 e. The summed E-state index contributed by atoms with van der Waals surface area (Å²) in [5.74, 6) is 0.376. The molecule has 134 valence electrons. The number of nitrogens with one attached hydrogen (secondary N) is 1. The minimum atomic E-state index is -0.274. The summed E-state index contributed by atoms with van der Waals surface area (Å²) in [4.78, 5) is 17.1. The Morgan fingerprint density at radius 2 is 1.73 bits per heavy atom. The smallest absolute Gasteiger partial charge is 0.251 e. The third-order valence-corrected chi connectivity index (χ3v) is 5.12. The lowest BCUT2D eigenvalue weighted by molar-refractivity contribution is 0.445. The van der Waals surface area contributed by atoms with Gasteiger partial charge in [0.15, 0.2) is 0 Å². The molecule has 4 rings (SSSR count). The molecule has 1 aliphatic carbocycles. The lowest BCUT2D eigenvalue weighted by Gasteiger charge is -2.20. The summed E-state index contributed by atoms with van der Waals surface area (Å²) in [6.07, 6.45) is 8.69. The van der Waals surface area contributed by atoms with Crippen molar-refractivity contribution in [1.29, 1.82) is 0 Å². The Morgan fingerprint density at radius 1 is 1.00 bits per heavy atom. The number of pyridine rings is 2. The molecule has 1 N–H and O–H groups in total. The van der Waals surface area contributed by atoms with Crippen molar-refractivity contribution < 1.29 is 4.39 Å². The number of hydrogen-bond donors (Lipinski definition) is 1. The number of rotatable bonds is 3. The van der Waals surface area contributed by atoms with Gasteiger partial charge in [-0.25, -0.2) is 9.37 Å². The number of aromatic nitrogens is 2. The van der Waals surface area contributed by atoms with Gasteiger partial charge in [0.05, 0.1) is 5.52 Å². The molecule has 0 bridgehead atoms. The molecule has 4 nitrogen and oxygen atoms in total. The highest BCUT2D eigenvalue weighted by molar-refractivity contribution is 5.81. The predicted octanol–water partition coefficient (Wildman–Crippen LogP) is 5.17. The fourth-order valence-corrected chi connectivity index (χ4v) is 3.79. The van der Waals surface area contributed by atoms with E-state index >= 15 is 0 Å². The second-order valence-corrected chi connectivity index (χ2v) is 6.95. The first-order valence-corrected chi connectivity index (χ1v) is 9.24. The Balaban J connectivity index is 1.74. The van der Waals surface area contributed by atoms with Gasteiger partial charge in [0.1, 0.15) is 11.6 Å². The summed E-state index contributed by atoms with van der Waals surface area (Å²) in [5, 5.41) is 4.15. The summed E-state index contributed by atoms with van der Waals surface area (Å²) in [5.41, 5.74) is 1.71. The molecule has 26 heavy (non-hydrogen) atoms. The first kappa shape index (κ1) is 16.8. The monoisotopic (exact) mass is 351 g/mol. The molecule has 0 radical (unpaired) electrons. The van der Waals surface area contributed by atoms with Crippen LogP contribution in [0.25, 0.3) is 10.9 Å². The van der Waals surface area contributed by atoms with E-state index < -0.39 is 0 Å². The van der Waals surface area contributed by atoms with Gasteiger partial charge in [0.2, 0.25) is 0 Å². The average Bonchev–Trinajstić information content (AvgIpc) is 2.93. The molecule has 0 saturated heterocycles. The lowest BCUT2D eigenvalue weighted by Crippen LogP contribution is -2.24. The molecule has 1 saturated carbocycles. The summed E-state index contributed by atoms with van der Waals surface area (Å²) < 4.78 is 15.0. The van der Waals surface area contributed by atoms with Gasteiger partial charge in [-0.05, 0) is 43.2 Å². The van der Waals surface area contributed by atoms with E-state index in [1.165, 1.54) is 37.8 Å². The molecule has 1 aromatic carbocycles. The standard InChI is InChI=1S/C21H22FN3O/c22-16-8-10-17(11-9-16)24-20-13-19-15(14-23-20)7-12-21(26)25(19)18-5-3-1-2-4-6-18/h7-14,18H,1-6H2,(H,23,24). The maximum Gasteiger partial charge on any atom is 0.251 e. The van der Waals surface area contributed by atoms with Crippen LogP contribution in [0.15, 0.2) is 53.5 Å². The summed E-state index contributed by atoms with van der Waals surface area (Å²) >= 11 is 0. The van der Waals surface area contributed by atoms with Crippen LogP contribution in [0.2, 0.25) is 0 Å². The molecule has 0 atom stereocenters. The molecule has 3 aromatic rings. The van der Waals surface area contributed by atoms with Gasteiger partial charge in [-0.15, -0.1) is 0 Å². The largest absolute Gasteiger partial charge is 0.340 e. The van der Waals surface area contributed by atoms with Gasteiger partial charge < -0.3 is 9.88 Å². The van der Waals surface area contributed by atoms with Crippen molar-refractivity contribution in [1.82, 2.24) is 9.55 Å².